The highest BCUT2D eigenvalue weighted by molar-refractivity contribution is 6.06. The molecular formula is C22H24N4O. The van der Waals surface area contributed by atoms with Crippen LogP contribution in [0.25, 0.3) is 21.9 Å². The topological polar surface area (TPSA) is 66.0 Å². The van der Waals surface area contributed by atoms with Crippen LogP contribution in [0.15, 0.2) is 54.9 Å². The SMILES string of the molecule is Cc1ccc(COC(C)(C)Cn2cnc3c(N)nc4ccccc4c32)cc1. The van der Waals surface area contributed by atoms with E-state index in [2.05, 4.69) is 65.6 Å². The Morgan fingerprint density at radius 1 is 1.07 bits per heavy atom. The first-order valence-electron chi connectivity index (χ1n) is 9.11. The zero-order chi connectivity index (χ0) is 19.0. The minimum absolute atomic E-state index is 0.363. The van der Waals surface area contributed by atoms with Gasteiger partial charge in [-0.25, -0.2) is 9.97 Å². The van der Waals surface area contributed by atoms with Gasteiger partial charge in [0.1, 0.15) is 5.52 Å². The van der Waals surface area contributed by atoms with E-state index in [1.807, 2.05) is 24.5 Å². The lowest BCUT2D eigenvalue weighted by molar-refractivity contribution is -0.0400. The van der Waals surface area contributed by atoms with E-state index >= 15 is 0 Å². The van der Waals surface area contributed by atoms with E-state index in [1.54, 1.807) is 0 Å². The lowest BCUT2D eigenvalue weighted by Gasteiger charge is -2.26. The Hall–Kier alpha value is -2.92. The number of nitrogens with two attached hydrogens (primary N) is 1. The third-order valence-corrected chi connectivity index (χ3v) is 4.78. The second-order valence-corrected chi connectivity index (χ2v) is 7.62. The number of hydrogen-bond donors (Lipinski definition) is 1. The summed E-state index contributed by atoms with van der Waals surface area (Å²) < 4.78 is 8.34. The van der Waals surface area contributed by atoms with Gasteiger partial charge >= 0.3 is 0 Å². The van der Waals surface area contributed by atoms with Gasteiger partial charge in [-0.1, -0.05) is 48.0 Å². The van der Waals surface area contributed by atoms with Crippen molar-refractivity contribution in [2.24, 2.45) is 0 Å². The van der Waals surface area contributed by atoms with Crippen LogP contribution in [0.5, 0.6) is 0 Å². The minimum Gasteiger partial charge on any atom is -0.382 e. The van der Waals surface area contributed by atoms with Crippen LogP contribution in [0.2, 0.25) is 0 Å². The molecule has 2 N–H and O–H groups in total. The number of hydrogen-bond acceptors (Lipinski definition) is 4. The van der Waals surface area contributed by atoms with E-state index in [9.17, 15) is 0 Å². The Balaban J connectivity index is 1.63. The van der Waals surface area contributed by atoms with Crippen molar-refractivity contribution in [3.05, 3.63) is 66.0 Å². The third kappa shape index (κ3) is 3.51. The number of fused-ring (bicyclic) bond motifs is 3. The van der Waals surface area contributed by atoms with Crippen LogP contribution in [0.1, 0.15) is 25.0 Å². The quantitative estimate of drug-likeness (QED) is 0.570. The van der Waals surface area contributed by atoms with Crippen molar-refractivity contribution < 1.29 is 4.74 Å². The average Bonchev–Trinajstić information content (AvgIpc) is 3.05. The Labute approximate surface area is 158 Å². The molecule has 2 aromatic heterocycles. The summed E-state index contributed by atoms with van der Waals surface area (Å²) in [7, 11) is 0. The van der Waals surface area contributed by atoms with E-state index < -0.39 is 0 Å². The zero-order valence-electron chi connectivity index (χ0n) is 15.9. The van der Waals surface area contributed by atoms with Gasteiger partial charge in [-0.15, -0.1) is 0 Å². The Bertz CT molecular complexity index is 1100. The second-order valence-electron chi connectivity index (χ2n) is 7.62. The van der Waals surface area contributed by atoms with Crippen molar-refractivity contribution in [2.45, 2.75) is 39.5 Å². The Morgan fingerprint density at radius 3 is 2.59 bits per heavy atom. The molecule has 0 saturated heterocycles. The van der Waals surface area contributed by atoms with Crippen molar-refractivity contribution in [1.29, 1.82) is 0 Å². The summed E-state index contributed by atoms with van der Waals surface area (Å²) in [5, 5.41) is 1.05. The van der Waals surface area contributed by atoms with Gasteiger partial charge in [-0.05, 0) is 32.4 Å². The fraction of sp³-hybridized carbons (Fsp3) is 0.273. The van der Waals surface area contributed by atoms with Gasteiger partial charge in [0.05, 0.1) is 36.1 Å². The molecule has 0 unspecified atom stereocenters. The predicted molar refractivity (Wildman–Crippen MR) is 109 cm³/mol. The maximum atomic E-state index is 6.22. The summed E-state index contributed by atoms with van der Waals surface area (Å²) in [5.41, 5.74) is 10.8. The van der Waals surface area contributed by atoms with E-state index in [1.165, 1.54) is 11.1 Å². The summed E-state index contributed by atoms with van der Waals surface area (Å²) in [5.74, 6) is 0.459. The van der Waals surface area contributed by atoms with Crippen molar-refractivity contribution in [1.82, 2.24) is 14.5 Å². The van der Waals surface area contributed by atoms with Gasteiger partial charge in [-0.2, -0.15) is 0 Å². The molecule has 138 valence electrons. The summed E-state index contributed by atoms with van der Waals surface area (Å²) in [6.07, 6.45) is 1.83. The first kappa shape index (κ1) is 17.5. The molecule has 5 nitrogen and oxygen atoms in total. The summed E-state index contributed by atoms with van der Waals surface area (Å²) in [4.78, 5) is 8.97. The Kier molecular flexibility index (Phi) is 4.32. The molecule has 0 aliphatic rings. The first-order chi connectivity index (χ1) is 12.9. The molecule has 0 saturated carbocycles. The molecule has 0 fully saturated rings. The number of ether oxygens (including phenoxy) is 1. The molecule has 0 spiro atoms. The number of pyridine rings is 1. The molecule has 0 amide bonds. The maximum absolute atomic E-state index is 6.22. The number of aryl methyl sites for hydroxylation is 1. The van der Waals surface area contributed by atoms with E-state index in [0.29, 0.717) is 19.0 Å². The number of rotatable bonds is 5. The van der Waals surface area contributed by atoms with E-state index in [-0.39, 0.29) is 5.60 Å². The minimum atomic E-state index is -0.363. The molecule has 0 aliphatic heterocycles. The predicted octanol–water partition coefficient (Wildman–Crippen LogP) is 4.47. The number of benzene rings is 2. The molecule has 4 rings (SSSR count). The summed E-state index contributed by atoms with van der Waals surface area (Å²) in [6, 6.07) is 16.4. The van der Waals surface area contributed by atoms with Crippen LogP contribution in [0.4, 0.5) is 5.82 Å². The summed E-state index contributed by atoms with van der Waals surface area (Å²) in [6.45, 7) is 7.52. The lowest BCUT2D eigenvalue weighted by atomic mass is 10.1. The first-order valence-corrected chi connectivity index (χ1v) is 9.11. The summed E-state index contributed by atoms with van der Waals surface area (Å²) >= 11 is 0. The Morgan fingerprint density at radius 2 is 1.81 bits per heavy atom. The van der Waals surface area contributed by atoms with Crippen molar-refractivity contribution in [3.8, 4) is 0 Å². The van der Waals surface area contributed by atoms with Gasteiger partial charge in [0.25, 0.3) is 0 Å². The molecule has 2 aromatic carbocycles. The normalized spacial score (nSPS) is 12.1. The number of para-hydroxylation sites is 1. The van der Waals surface area contributed by atoms with Crippen LogP contribution in [-0.4, -0.2) is 20.1 Å². The molecule has 27 heavy (non-hydrogen) atoms. The van der Waals surface area contributed by atoms with E-state index in [0.717, 1.165) is 21.9 Å². The van der Waals surface area contributed by atoms with Crippen LogP contribution in [0.3, 0.4) is 0 Å². The molecule has 2 heterocycles. The lowest BCUT2D eigenvalue weighted by Crippen LogP contribution is -2.30. The van der Waals surface area contributed by atoms with Crippen LogP contribution in [0, 0.1) is 6.92 Å². The van der Waals surface area contributed by atoms with Gasteiger partial charge in [0, 0.05) is 5.39 Å². The monoisotopic (exact) mass is 360 g/mol. The highest BCUT2D eigenvalue weighted by Gasteiger charge is 2.22. The van der Waals surface area contributed by atoms with Crippen LogP contribution < -0.4 is 5.73 Å². The standard InChI is InChI=1S/C22H24N4O/c1-15-8-10-16(11-9-15)12-27-22(2,3)13-26-14-24-19-20(26)17-6-4-5-7-18(17)25-21(19)23/h4-11,14H,12-13H2,1-3H3,(H2,23,25). The zero-order valence-corrected chi connectivity index (χ0v) is 15.9. The fourth-order valence-electron chi connectivity index (χ4n) is 3.34. The maximum Gasteiger partial charge on any atom is 0.152 e. The van der Waals surface area contributed by atoms with Crippen LogP contribution >= 0.6 is 0 Å². The molecule has 5 heteroatoms. The van der Waals surface area contributed by atoms with Crippen molar-refractivity contribution in [2.75, 3.05) is 5.73 Å². The van der Waals surface area contributed by atoms with Gasteiger partial charge in [0.2, 0.25) is 0 Å². The largest absolute Gasteiger partial charge is 0.382 e. The van der Waals surface area contributed by atoms with E-state index in [4.69, 9.17) is 10.5 Å². The molecular weight excluding hydrogens is 336 g/mol. The van der Waals surface area contributed by atoms with Crippen LogP contribution in [-0.2, 0) is 17.9 Å². The number of nitrogen functional groups attached to an aromatic ring is 1. The third-order valence-electron chi connectivity index (χ3n) is 4.78. The van der Waals surface area contributed by atoms with Crippen molar-refractivity contribution >= 4 is 27.8 Å². The molecule has 0 aliphatic carbocycles. The molecule has 0 bridgehead atoms. The average molecular weight is 360 g/mol. The number of nitrogens with zero attached hydrogens (tertiary/aromatic N) is 3. The van der Waals surface area contributed by atoms with Gasteiger partial charge < -0.3 is 15.0 Å². The highest BCUT2D eigenvalue weighted by atomic mass is 16.5. The molecule has 4 aromatic rings. The van der Waals surface area contributed by atoms with Gasteiger partial charge in [-0.3, -0.25) is 0 Å². The number of imidazole rings is 1. The number of anilines is 1. The smallest absolute Gasteiger partial charge is 0.152 e. The van der Waals surface area contributed by atoms with Gasteiger partial charge in [0.15, 0.2) is 5.82 Å². The number of aromatic nitrogens is 3. The fourth-order valence-corrected chi connectivity index (χ4v) is 3.34. The molecule has 0 radical (unpaired) electrons. The highest BCUT2D eigenvalue weighted by Crippen LogP contribution is 2.28. The molecule has 0 atom stereocenters. The van der Waals surface area contributed by atoms with Crippen molar-refractivity contribution in [3.63, 3.8) is 0 Å². The second kappa shape index (κ2) is 6.67.